The lowest BCUT2D eigenvalue weighted by Gasteiger charge is -2.14. The Labute approximate surface area is 169 Å². The molecule has 148 valence electrons. The number of thioether (sulfide) groups is 2. The van der Waals surface area contributed by atoms with Gasteiger partial charge in [-0.25, -0.2) is 9.97 Å². The summed E-state index contributed by atoms with van der Waals surface area (Å²) in [6.07, 6.45) is -0.239. The monoisotopic (exact) mass is 425 g/mol. The van der Waals surface area contributed by atoms with E-state index in [-0.39, 0.29) is 5.25 Å². The zero-order valence-electron chi connectivity index (χ0n) is 15.2. The molecule has 0 N–H and O–H groups in total. The van der Waals surface area contributed by atoms with E-state index in [9.17, 15) is 13.2 Å². The van der Waals surface area contributed by atoms with Crippen molar-refractivity contribution in [3.63, 3.8) is 0 Å². The molecule has 3 aromatic rings. The maximum Gasteiger partial charge on any atom is 0.416 e. The van der Waals surface area contributed by atoms with Gasteiger partial charge in [-0.2, -0.15) is 13.2 Å². The number of hydrogen-bond donors (Lipinski definition) is 0. The van der Waals surface area contributed by atoms with E-state index in [1.807, 2.05) is 13.8 Å². The number of halogens is 3. The lowest BCUT2D eigenvalue weighted by Crippen LogP contribution is -2.08. The molecule has 0 bridgehead atoms. The summed E-state index contributed by atoms with van der Waals surface area (Å²) in [7, 11) is 0. The molecule has 10 heteroatoms. The van der Waals surface area contributed by atoms with Gasteiger partial charge in [-0.15, -0.1) is 10.2 Å². The molecule has 2 aromatic heterocycles. The van der Waals surface area contributed by atoms with E-state index in [1.165, 1.54) is 29.6 Å². The highest BCUT2D eigenvalue weighted by atomic mass is 32.2. The number of aromatic nitrogens is 5. The van der Waals surface area contributed by atoms with Crippen LogP contribution in [0.5, 0.6) is 0 Å². The van der Waals surface area contributed by atoms with Crippen molar-refractivity contribution in [2.45, 2.75) is 47.8 Å². The first-order valence-corrected chi connectivity index (χ1v) is 10.4. The summed E-state index contributed by atoms with van der Waals surface area (Å²) < 4.78 is 41.2. The van der Waals surface area contributed by atoms with Crippen LogP contribution in [0.1, 0.15) is 31.7 Å². The Morgan fingerprint density at radius 2 is 1.86 bits per heavy atom. The van der Waals surface area contributed by atoms with Crippen LogP contribution in [0.3, 0.4) is 0 Å². The highest BCUT2D eigenvalue weighted by Gasteiger charge is 2.31. The maximum atomic E-state index is 13.2. The molecule has 28 heavy (non-hydrogen) atoms. The number of rotatable bonds is 7. The fourth-order valence-electron chi connectivity index (χ4n) is 2.30. The van der Waals surface area contributed by atoms with Crippen LogP contribution in [-0.2, 0) is 11.9 Å². The highest BCUT2D eigenvalue weighted by Crippen LogP contribution is 2.33. The number of alkyl halides is 3. The molecule has 1 atom stereocenters. The molecular weight excluding hydrogens is 407 g/mol. The maximum absolute atomic E-state index is 13.2. The van der Waals surface area contributed by atoms with Crippen molar-refractivity contribution in [3.05, 3.63) is 54.1 Å². The number of nitrogens with zero attached hydrogens (tertiary/aromatic N) is 5. The second-order valence-electron chi connectivity index (χ2n) is 5.94. The van der Waals surface area contributed by atoms with E-state index in [4.69, 9.17) is 0 Å². The molecule has 3 rings (SSSR count). The van der Waals surface area contributed by atoms with Gasteiger partial charge in [0.25, 0.3) is 0 Å². The molecule has 0 spiro atoms. The van der Waals surface area contributed by atoms with Crippen LogP contribution in [0.4, 0.5) is 13.2 Å². The molecule has 0 saturated heterocycles. The summed E-state index contributed by atoms with van der Waals surface area (Å²) >= 11 is 2.84. The predicted molar refractivity (Wildman–Crippen MR) is 104 cm³/mol. The van der Waals surface area contributed by atoms with Crippen LogP contribution in [0.2, 0.25) is 0 Å². The van der Waals surface area contributed by atoms with Crippen molar-refractivity contribution in [1.82, 2.24) is 24.7 Å². The lowest BCUT2D eigenvalue weighted by atomic mass is 10.2. The van der Waals surface area contributed by atoms with E-state index in [1.54, 1.807) is 29.1 Å². The molecule has 0 aliphatic heterocycles. The average Bonchev–Trinajstić information content (AvgIpc) is 3.09. The smallest absolute Gasteiger partial charge is 0.273 e. The Hall–Kier alpha value is -2.07. The quantitative estimate of drug-likeness (QED) is 0.380. The topological polar surface area (TPSA) is 56.5 Å². The van der Waals surface area contributed by atoms with Gasteiger partial charge in [-0.3, -0.25) is 4.57 Å². The van der Waals surface area contributed by atoms with Gasteiger partial charge >= 0.3 is 6.18 Å². The van der Waals surface area contributed by atoms with E-state index in [0.717, 1.165) is 18.6 Å². The van der Waals surface area contributed by atoms with Crippen LogP contribution in [-0.4, -0.2) is 30.0 Å². The Bertz CT molecular complexity index is 915. The van der Waals surface area contributed by atoms with Gasteiger partial charge in [0.2, 0.25) is 0 Å². The Balaban J connectivity index is 1.97. The van der Waals surface area contributed by atoms with Gasteiger partial charge in [0.05, 0.1) is 17.0 Å². The second kappa shape index (κ2) is 8.95. The van der Waals surface area contributed by atoms with Gasteiger partial charge in [-0.05, 0) is 30.7 Å². The number of benzene rings is 1. The van der Waals surface area contributed by atoms with Gasteiger partial charge in [0, 0.05) is 17.6 Å². The Morgan fingerprint density at radius 1 is 1.11 bits per heavy atom. The van der Waals surface area contributed by atoms with Crippen LogP contribution in [0.25, 0.3) is 5.69 Å². The van der Waals surface area contributed by atoms with Gasteiger partial charge in [0.15, 0.2) is 10.3 Å². The van der Waals surface area contributed by atoms with Crippen LogP contribution >= 0.6 is 23.5 Å². The number of hydrogen-bond acceptors (Lipinski definition) is 6. The van der Waals surface area contributed by atoms with Gasteiger partial charge in [0.1, 0.15) is 5.82 Å². The standard InChI is InChI=1S/C18H18F3N5S2/c1-3-12(2)28-17-25-24-15(11-27-16-22-8-5-9-23-16)26(17)14-7-4-6-13(10-14)18(19,20)21/h4-10,12H,3,11H2,1-2H3. The van der Waals surface area contributed by atoms with E-state index < -0.39 is 11.7 Å². The Morgan fingerprint density at radius 3 is 2.54 bits per heavy atom. The molecule has 0 amide bonds. The summed E-state index contributed by atoms with van der Waals surface area (Å²) in [4.78, 5) is 8.30. The lowest BCUT2D eigenvalue weighted by molar-refractivity contribution is -0.137. The first-order valence-electron chi connectivity index (χ1n) is 8.57. The van der Waals surface area contributed by atoms with Crippen molar-refractivity contribution in [1.29, 1.82) is 0 Å². The molecule has 5 nitrogen and oxygen atoms in total. The van der Waals surface area contributed by atoms with Crippen LogP contribution < -0.4 is 0 Å². The molecule has 1 unspecified atom stereocenters. The van der Waals surface area contributed by atoms with Crippen LogP contribution in [0.15, 0.2) is 53.0 Å². The Kier molecular flexibility index (Phi) is 6.61. The minimum atomic E-state index is -4.42. The molecule has 1 aromatic carbocycles. The third kappa shape index (κ3) is 5.05. The zero-order valence-corrected chi connectivity index (χ0v) is 16.9. The fraction of sp³-hybridized carbons (Fsp3) is 0.333. The molecule has 0 radical (unpaired) electrons. The third-order valence-electron chi connectivity index (χ3n) is 3.89. The minimum absolute atomic E-state index is 0.256. The summed E-state index contributed by atoms with van der Waals surface area (Å²) in [5.74, 6) is 0.927. The predicted octanol–water partition coefficient (Wildman–Crippen LogP) is 5.26. The summed E-state index contributed by atoms with van der Waals surface area (Å²) in [5, 5.41) is 9.84. The van der Waals surface area contributed by atoms with Crippen molar-refractivity contribution in [3.8, 4) is 5.69 Å². The first-order chi connectivity index (χ1) is 13.4. The average molecular weight is 426 g/mol. The summed E-state index contributed by atoms with van der Waals surface area (Å²) in [5.41, 5.74) is -0.321. The molecular formula is C18H18F3N5S2. The highest BCUT2D eigenvalue weighted by molar-refractivity contribution is 7.99. The molecule has 2 heterocycles. The van der Waals surface area contributed by atoms with Crippen molar-refractivity contribution in [2.24, 2.45) is 0 Å². The van der Waals surface area contributed by atoms with Crippen LogP contribution in [0, 0.1) is 0 Å². The molecule has 0 aliphatic carbocycles. The van der Waals surface area contributed by atoms with Crippen molar-refractivity contribution in [2.75, 3.05) is 0 Å². The second-order valence-corrected chi connectivity index (χ2v) is 8.29. The van der Waals surface area contributed by atoms with E-state index >= 15 is 0 Å². The summed E-state index contributed by atoms with van der Waals surface area (Å²) in [6, 6.07) is 6.93. The normalized spacial score (nSPS) is 12.9. The fourth-order valence-corrected chi connectivity index (χ4v) is 3.95. The van der Waals surface area contributed by atoms with Gasteiger partial charge in [-0.1, -0.05) is 43.4 Å². The summed E-state index contributed by atoms with van der Waals surface area (Å²) in [6.45, 7) is 4.09. The van der Waals surface area contributed by atoms with Gasteiger partial charge < -0.3 is 0 Å². The van der Waals surface area contributed by atoms with E-state index in [0.29, 0.717) is 27.6 Å². The largest absolute Gasteiger partial charge is 0.416 e. The minimum Gasteiger partial charge on any atom is -0.273 e. The third-order valence-corrected chi connectivity index (χ3v) is 5.97. The zero-order chi connectivity index (χ0) is 20.1. The van der Waals surface area contributed by atoms with Crippen molar-refractivity contribution >= 4 is 23.5 Å². The van der Waals surface area contributed by atoms with E-state index in [2.05, 4.69) is 20.2 Å². The SMILES string of the molecule is CCC(C)Sc1nnc(CSc2ncccn2)n1-c1cccc(C(F)(F)F)c1. The van der Waals surface area contributed by atoms with Crippen molar-refractivity contribution < 1.29 is 13.2 Å². The molecule has 0 fully saturated rings. The molecule has 0 saturated carbocycles. The first kappa shape index (κ1) is 20.7. The molecule has 0 aliphatic rings.